The topological polar surface area (TPSA) is 120 Å². The van der Waals surface area contributed by atoms with Crippen LogP contribution in [0.15, 0.2) is 42.7 Å². The minimum atomic E-state index is -3.11. The summed E-state index contributed by atoms with van der Waals surface area (Å²) in [6, 6.07) is 9.41. The van der Waals surface area contributed by atoms with Crippen LogP contribution in [0.5, 0.6) is 0 Å². The Hall–Kier alpha value is -3.25. The minimum absolute atomic E-state index is 0.0540. The van der Waals surface area contributed by atoms with E-state index in [4.69, 9.17) is 5.26 Å². The van der Waals surface area contributed by atoms with Gasteiger partial charge in [-0.2, -0.15) is 5.26 Å². The van der Waals surface area contributed by atoms with Gasteiger partial charge in [-0.3, -0.25) is 14.6 Å². The smallest absolute Gasteiger partial charge is 0.257 e. The molecule has 2 amide bonds. The summed E-state index contributed by atoms with van der Waals surface area (Å²) in [6.45, 7) is 0. The van der Waals surface area contributed by atoms with Crippen molar-refractivity contribution in [2.45, 2.75) is 12.5 Å². The van der Waals surface area contributed by atoms with E-state index in [0.717, 1.165) is 0 Å². The highest BCUT2D eigenvalue weighted by molar-refractivity contribution is 7.91. The second-order valence-electron chi connectivity index (χ2n) is 6.58. The molecular formula is C19H18N4O4S. The van der Waals surface area contributed by atoms with Crippen LogP contribution in [0.2, 0.25) is 0 Å². The highest BCUT2D eigenvalue weighted by Crippen LogP contribution is 2.19. The summed E-state index contributed by atoms with van der Waals surface area (Å²) < 4.78 is 23.3. The zero-order valence-corrected chi connectivity index (χ0v) is 15.9. The van der Waals surface area contributed by atoms with E-state index in [2.05, 4.69) is 10.3 Å². The summed E-state index contributed by atoms with van der Waals surface area (Å²) in [5.41, 5.74) is 1.39. The summed E-state index contributed by atoms with van der Waals surface area (Å²) in [4.78, 5) is 30.5. The number of anilines is 1. The number of carbonyl (C=O) groups is 2. The van der Waals surface area contributed by atoms with Crippen molar-refractivity contribution >= 4 is 27.3 Å². The van der Waals surface area contributed by atoms with Crippen LogP contribution < -0.4 is 5.32 Å². The lowest BCUT2D eigenvalue weighted by Crippen LogP contribution is -2.38. The van der Waals surface area contributed by atoms with E-state index in [1.807, 2.05) is 6.07 Å². The van der Waals surface area contributed by atoms with E-state index in [-0.39, 0.29) is 34.6 Å². The highest BCUT2D eigenvalue weighted by atomic mass is 32.2. The molecule has 0 bridgehead atoms. The Kier molecular flexibility index (Phi) is 5.42. The molecule has 1 aromatic carbocycles. The zero-order valence-electron chi connectivity index (χ0n) is 15.1. The van der Waals surface area contributed by atoms with Crippen molar-refractivity contribution < 1.29 is 18.0 Å². The Labute approximate surface area is 162 Å². The van der Waals surface area contributed by atoms with Gasteiger partial charge in [0.15, 0.2) is 9.84 Å². The molecule has 0 spiro atoms. The van der Waals surface area contributed by atoms with Crippen molar-refractivity contribution in [1.29, 1.82) is 5.26 Å². The Bertz CT molecular complexity index is 1060. The monoisotopic (exact) mass is 398 g/mol. The molecule has 0 aliphatic carbocycles. The number of pyridine rings is 1. The lowest BCUT2D eigenvalue weighted by Gasteiger charge is -2.23. The third-order valence-corrected chi connectivity index (χ3v) is 6.35. The van der Waals surface area contributed by atoms with Crippen molar-refractivity contribution in [2.24, 2.45) is 0 Å². The van der Waals surface area contributed by atoms with Crippen molar-refractivity contribution in [3.8, 4) is 6.07 Å². The Morgan fingerprint density at radius 1 is 1.21 bits per heavy atom. The van der Waals surface area contributed by atoms with Crippen LogP contribution in [-0.4, -0.2) is 54.7 Å². The predicted octanol–water partition coefficient (Wildman–Crippen LogP) is 1.46. The van der Waals surface area contributed by atoms with E-state index in [1.165, 1.54) is 23.4 Å². The number of rotatable bonds is 4. The summed E-state index contributed by atoms with van der Waals surface area (Å²) >= 11 is 0. The molecule has 9 heteroatoms. The molecule has 1 aliphatic heterocycles. The van der Waals surface area contributed by atoms with Crippen LogP contribution in [0.1, 0.15) is 32.7 Å². The van der Waals surface area contributed by atoms with Crippen LogP contribution in [0.4, 0.5) is 5.69 Å². The fourth-order valence-electron chi connectivity index (χ4n) is 2.96. The van der Waals surface area contributed by atoms with Gasteiger partial charge in [-0.25, -0.2) is 8.42 Å². The molecular weight excluding hydrogens is 380 g/mol. The first-order valence-electron chi connectivity index (χ1n) is 8.53. The number of nitrogens with zero attached hydrogens (tertiary/aromatic N) is 3. The molecule has 0 saturated carbocycles. The molecule has 1 aromatic heterocycles. The van der Waals surface area contributed by atoms with E-state index in [9.17, 15) is 18.0 Å². The molecule has 1 saturated heterocycles. The van der Waals surface area contributed by atoms with Gasteiger partial charge in [0.25, 0.3) is 11.8 Å². The number of amides is 2. The van der Waals surface area contributed by atoms with Crippen LogP contribution in [-0.2, 0) is 9.84 Å². The Balaban J connectivity index is 1.73. The number of nitrogens with one attached hydrogen (secondary N) is 1. The van der Waals surface area contributed by atoms with Gasteiger partial charge in [0.1, 0.15) is 0 Å². The quantitative estimate of drug-likeness (QED) is 0.832. The third-order valence-electron chi connectivity index (χ3n) is 4.60. The minimum Gasteiger partial charge on any atom is -0.338 e. The van der Waals surface area contributed by atoms with Crippen LogP contribution in [0.25, 0.3) is 0 Å². The molecule has 28 heavy (non-hydrogen) atoms. The molecule has 2 heterocycles. The van der Waals surface area contributed by atoms with E-state index < -0.39 is 15.7 Å². The summed E-state index contributed by atoms with van der Waals surface area (Å²) in [6.07, 6.45) is 3.09. The molecule has 1 N–H and O–H groups in total. The van der Waals surface area contributed by atoms with Crippen LogP contribution >= 0.6 is 0 Å². The maximum atomic E-state index is 12.7. The first-order chi connectivity index (χ1) is 13.3. The standard InChI is InChI=1S/C19H18N4O4S/c1-23(17-6-7-28(26,27)12-17)19(25)15-8-14(10-21-11-15)18(24)22-16-4-2-13(9-20)3-5-16/h2-5,8,10-11,17H,6-7,12H2,1H3,(H,22,24). The number of aromatic nitrogens is 1. The maximum Gasteiger partial charge on any atom is 0.257 e. The van der Waals surface area contributed by atoms with Gasteiger partial charge in [-0.15, -0.1) is 0 Å². The average molecular weight is 398 g/mol. The molecule has 1 atom stereocenters. The fourth-order valence-corrected chi connectivity index (χ4v) is 4.74. The number of hydrogen-bond donors (Lipinski definition) is 1. The summed E-state index contributed by atoms with van der Waals surface area (Å²) in [7, 11) is -1.56. The largest absolute Gasteiger partial charge is 0.338 e. The summed E-state index contributed by atoms with van der Waals surface area (Å²) in [5.74, 6) is -0.817. The van der Waals surface area contributed by atoms with Crippen molar-refractivity contribution in [3.05, 3.63) is 59.4 Å². The molecule has 1 unspecified atom stereocenters. The van der Waals surface area contributed by atoms with Crippen molar-refractivity contribution in [1.82, 2.24) is 9.88 Å². The van der Waals surface area contributed by atoms with E-state index in [0.29, 0.717) is 17.7 Å². The first-order valence-corrected chi connectivity index (χ1v) is 10.4. The SMILES string of the molecule is CN(C(=O)c1cncc(C(=O)Nc2ccc(C#N)cc2)c1)C1CCS(=O)(=O)C1. The normalized spacial score (nSPS) is 17.5. The first kappa shape index (κ1) is 19.5. The molecule has 144 valence electrons. The molecule has 1 fully saturated rings. The van der Waals surface area contributed by atoms with Gasteiger partial charge in [0, 0.05) is 31.2 Å². The Morgan fingerprint density at radius 3 is 2.50 bits per heavy atom. The van der Waals surface area contributed by atoms with E-state index >= 15 is 0 Å². The van der Waals surface area contributed by atoms with E-state index in [1.54, 1.807) is 31.3 Å². The van der Waals surface area contributed by atoms with Gasteiger partial charge in [0.2, 0.25) is 0 Å². The number of carbonyl (C=O) groups excluding carboxylic acids is 2. The van der Waals surface area contributed by atoms with Gasteiger partial charge in [-0.05, 0) is 36.8 Å². The second-order valence-corrected chi connectivity index (χ2v) is 8.81. The highest BCUT2D eigenvalue weighted by Gasteiger charge is 2.33. The third kappa shape index (κ3) is 4.35. The lowest BCUT2D eigenvalue weighted by atomic mass is 10.1. The van der Waals surface area contributed by atoms with Crippen molar-refractivity contribution in [3.63, 3.8) is 0 Å². The Morgan fingerprint density at radius 2 is 1.89 bits per heavy atom. The average Bonchev–Trinajstić information content (AvgIpc) is 3.07. The van der Waals surface area contributed by atoms with Gasteiger partial charge >= 0.3 is 0 Å². The fraction of sp³-hybridized carbons (Fsp3) is 0.263. The summed E-state index contributed by atoms with van der Waals surface area (Å²) in [5, 5.41) is 11.5. The molecule has 1 aliphatic rings. The molecule has 2 aromatic rings. The van der Waals surface area contributed by atoms with Crippen LogP contribution in [0.3, 0.4) is 0 Å². The molecule has 0 radical (unpaired) electrons. The number of nitriles is 1. The molecule has 3 rings (SSSR count). The van der Waals surface area contributed by atoms with Crippen LogP contribution in [0, 0.1) is 11.3 Å². The van der Waals surface area contributed by atoms with Crippen molar-refractivity contribution in [2.75, 3.05) is 23.9 Å². The maximum absolute atomic E-state index is 12.7. The number of sulfone groups is 1. The number of benzene rings is 1. The predicted molar refractivity (Wildman–Crippen MR) is 102 cm³/mol. The lowest BCUT2D eigenvalue weighted by molar-refractivity contribution is 0.0747. The number of hydrogen-bond acceptors (Lipinski definition) is 6. The zero-order chi connectivity index (χ0) is 20.3. The second kappa shape index (κ2) is 7.78. The molecule has 8 nitrogen and oxygen atoms in total. The van der Waals surface area contributed by atoms with Gasteiger partial charge in [-0.1, -0.05) is 0 Å². The van der Waals surface area contributed by atoms with Gasteiger partial charge in [0.05, 0.1) is 34.3 Å². The van der Waals surface area contributed by atoms with Gasteiger partial charge < -0.3 is 10.2 Å².